The molecule has 0 atom stereocenters. The van der Waals surface area contributed by atoms with Crippen LogP contribution in [0.5, 0.6) is 0 Å². The molecule has 2 N–H and O–H groups in total. The smallest absolute Gasteiger partial charge is 0.236 e. The van der Waals surface area contributed by atoms with Gasteiger partial charge in [0.2, 0.25) is 7.28 Å². The number of aliphatic imine (C=N–C) groups is 1. The van der Waals surface area contributed by atoms with E-state index < -0.39 is 0 Å². The average molecular weight is 107 g/mol. The van der Waals surface area contributed by atoms with E-state index in [2.05, 4.69) is 4.99 Å². The van der Waals surface area contributed by atoms with E-state index in [4.69, 9.17) is 5.73 Å². The van der Waals surface area contributed by atoms with E-state index in [1.54, 1.807) is 0 Å². The molecule has 1 rings (SSSR count). The zero-order chi connectivity index (χ0) is 6.15. The van der Waals surface area contributed by atoms with Crippen molar-refractivity contribution in [2.45, 2.75) is 13.8 Å². The Kier molecular flexibility index (Phi) is 1.12. The highest BCUT2D eigenvalue weighted by molar-refractivity contribution is 6.81. The van der Waals surface area contributed by atoms with E-state index in [0.29, 0.717) is 5.73 Å². The Morgan fingerprint density at radius 1 is 1.50 bits per heavy atom. The Hall–Kier alpha value is -0.725. The molecule has 41 valence electrons. The molecular weight excluding hydrogens is 98.9 g/mol. The highest BCUT2D eigenvalue weighted by Crippen LogP contribution is 2.08. The van der Waals surface area contributed by atoms with Gasteiger partial charge in [0.05, 0.1) is 5.73 Å². The number of amidine groups is 1. The molecule has 1 aliphatic heterocycles. The number of nitrogens with two attached hydrogens (primary N) is 1. The lowest BCUT2D eigenvalue weighted by Crippen LogP contribution is -2.16. The lowest BCUT2D eigenvalue weighted by atomic mass is 9.70. The summed E-state index contributed by atoms with van der Waals surface area (Å²) in [6.07, 6.45) is 0. The van der Waals surface area contributed by atoms with Crippen LogP contribution in [0.1, 0.15) is 13.8 Å². The molecule has 8 heavy (non-hydrogen) atoms. The van der Waals surface area contributed by atoms with E-state index in [1.165, 1.54) is 5.47 Å². The predicted octanol–water partition coefficient (Wildman–Crippen LogP) is 0.270. The molecule has 0 saturated carbocycles. The van der Waals surface area contributed by atoms with Crippen LogP contribution in [0.15, 0.2) is 16.2 Å². The van der Waals surface area contributed by atoms with Crippen LogP contribution < -0.4 is 5.73 Å². The van der Waals surface area contributed by atoms with Crippen LogP contribution in [-0.2, 0) is 0 Å². The highest BCUT2D eigenvalue weighted by Gasteiger charge is 2.08. The van der Waals surface area contributed by atoms with Crippen molar-refractivity contribution in [3.05, 3.63) is 11.2 Å². The van der Waals surface area contributed by atoms with Crippen molar-refractivity contribution in [3.8, 4) is 0 Å². The Bertz CT molecular complexity index is 169. The topological polar surface area (TPSA) is 38.4 Å². The Balaban J connectivity index is 2.79. The minimum atomic E-state index is 0.625. The van der Waals surface area contributed by atoms with Crippen LogP contribution in [0.2, 0.25) is 0 Å². The number of hydrogen-bond acceptors (Lipinski definition) is 2. The molecule has 0 unspecified atom stereocenters. The van der Waals surface area contributed by atoms with Crippen LogP contribution in [0, 0.1) is 0 Å². The first-order chi connectivity index (χ1) is 3.70. The Morgan fingerprint density at radius 3 is 2.25 bits per heavy atom. The zero-order valence-corrected chi connectivity index (χ0v) is 5.10. The molecule has 0 aromatic rings. The lowest BCUT2D eigenvalue weighted by molar-refractivity contribution is 1.28. The largest absolute Gasteiger partial charge is 0.395 e. The summed E-state index contributed by atoms with van der Waals surface area (Å²) in [5.74, 6) is 0. The molecule has 0 aromatic carbocycles. The summed E-state index contributed by atoms with van der Waals surface area (Å²) in [6.45, 7) is 3.95. The average Bonchev–Trinajstić information content (AvgIpc) is 1.85. The summed E-state index contributed by atoms with van der Waals surface area (Å²) in [6, 6.07) is 0. The van der Waals surface area contributed by atoms with Crippen molar-refractivity contribution in [2.24, 2.45) is 10.7 Å². The monoisotopic (exact) mass is 107 g/mol. The van der Waals surface area contributed by atoms with Gasteiger partial charge in [0.1, 0.15) is 0 Å². The third-order valence-electron chi connectivity index (χ3n) is 1.23. The predicted molar refractivity (Wildman–Crippen MR) is 35.8 cm³/mol. The van der Waals surface area contributed by atoms with Crippen molar-refractivity contribution >= 4 is 13.0 Å². The van der Waals surface area contributed by atoms with Gasteiger partial charge in [0, 0.05) is 5.70 Å². The van der Waals surface area contributed by atoms with Crippen LogP contribution in [-0.4, -0.2) is 13.0 Å². The van der Waals surface area contributed by atoms with E-state index in [-0.39, 0.29) is 0 Å². The molecule has 0 aliphatic carbocycles. The maximum atomic E-state index is 5.37. The van der Waals surface area contributed by atoms with Crippen LogP contribution >= 0.6 is 0 Å². The summed E-state index contributed by atoms with van der Waals surface area (Å²) < 4.78 is 0. The van der Waals surface area contributed by atoms with Crippen molar-refractivity contribution in [2.75, 3.05) is 0 Å². The van der Waals surface area contributed by atoms with E-state index in [0.717, 1.165) is 5.70 Å². The van der Waals surface area contributed by atoms with Gasteiger partial charge in [-0.2, -0.15) is 0 Å². The summed E-state index contributed by atoms with van der Waals surface area (Å²) in [4.78, 5) is 3.99. The number of nitrogens with zero attached hydrogens (tertiary/aromatic N) is 1. The minimum absolute atomic E-state index is 0.625. The lowest BCUT2D eigenvalue weighted by Gasteiger charge is -1.84. The van der Waals surface area contributed by atoms with Crippen LogP contribution in [0.3, 0.4) is 0 Å². The third-order valence-corrected chi connectivity index (χ3v) is 1.23. The molecule has 1 aliphatic rings. The quantitative estimate of drug-likeness (QED) is 0.443. The van der Waals surface area contributed by atoms with Crippen molar-refractivity contribution in [3.63, 3.8) is 0 Å². The first kappa shape index (κ1) is 5.41. The third kappa shape index (κ3) is 0.758. The van der Waals surface area contributed by atoms with Gasteiger partial charge in [-0.3, -0.25) is 4.99 Å². The maximum absolute atomic E-state index is 5.37. The summed E-state index contributed by atoms with van der Waals surface area (Å²) in [5.41, 5.74) is 8.19. The van der Waals surface area contributed by atoms with Gasteiger partial charge in [-0.05, 0) is 6.92 Å². The normalized spacial score (nSPS) is 18.5. The van der Waals surface area contributed by atoms with Gasteiger partial charge >= 0.3 is 0 Å². The number of rotatable bonds is 0. The second-order valence-corrected chi connectivity index (χ2v) is 1.95. The van der Waals surface area contributed by atoms with Gasteiger partial charge in [0.15, 0.2) is 0 Å². The molecule has 0 saturated heterocycles. The van der Waals surface area contributed by atoms with Gasteiger partial charge < -0.3 is 5.73 Å². The highest BCUT2D eigenvalue weighted by atomic mass is 14.9. The second kappa shape index (κ2) is 1.65. The van der Waals surface area contributed by atoms with E-state index >= 15 is 0 Å². The fraction of sp³-hybridized carbons (Fsp3) is 0.400. The van der Waals surface area contributed by atoms with Crippen molar-refractivity contribution in [1.29, 1.82) is 0 Å². The van der Waals surface area contributed by atoms with Crippen LogP contribution in [0.4, 0.5) is 0 Å². The van der Waals surface area contributed by atoms with Gasteiger partial charge in [-0.25, -0.2) is 0 Å². The van der Waals surface area contributed by atoms with E-state index in [9.17, 15) is 0 Å². The SMILES string of the molecule is CC1=C(C)N=C(N)[B]1. The van der Waals surface area contributed by atoms with Crippen LogP contribution in [0.25, 0.3) is 0 Å². The molecule has 1 radical (unpaired) electrons. The van der Waals surface area contributed by atoms with Gasteiger partial charge in [-0.15, -0.1) is 0 Å². The summed E-state index contributed by atoms with van der Waals surface area (Å²) in [5, 5.41) is 0. The molecule has 0 amide bonds. The molecule has 2 nitrogen and oxygen atoms in total. The number of allylic oxidation sites excluding steroid dienone is 2. The number of hydrogen-bond donors (Lipinski definition) is 1. The molecule has 1 heterocycles. The Labute approximate surface area is 49.7 Å². The Morgan fingerprint density at radius 2 is 2.12 bits per heavy atom. The summed E-state index contributed by atoms with van der Waals surface area (Å²) >= 11 is 0. The van der Waals surface area contributed by atoms with Gasteiger partial charge in [-0.1, -0.05) is 12.4 Å². The second-order valence-electron chi connectivity index (χ2n) is 1.95. The zero-order valence-electron chi connectivity index (χ0n) is 5.10. The van der Waals surface area contributed by atoms with E-state index in [1.807, 2.05) is 21.1 Å². The molecule has 3 heteroatoms. The minimum Gasteiger partial charge on any atom is -0.395 e. The maximum Gasteiger partial charge on any atom is 0.236 e. The fourth-order valence-electron chi connectivity index (χ4n) is 0.640. The van der Waals surface area contributed by atoms with Crippen molar-refractivity contribution in [1.82, 2.24) is 0 Å². The summed E-state index contributed by atoms with van der Waals surface area (Å²) in [7, 11) is 1.87. The first-order valence-corrected chi connectivity index (χ1v) is 2.56. The van der Waals surface area contributed by atoms with Crippen molar-refractivity contribution < 1.29 is 0 Å². The molecule has 0 fully saturated rings. The standard InChI is InChI=1S/C5H8BN2/c1-3-4(2)8-5(7)6-3/h1-2H3,(H2,7,8). The fourth-order valence-corrected chi connectivity index (χ4v) is 0.640. The first-order valence-electron chi connectivity index (χ1n) is 2.56. The van der Waals surface area contributed by atoms with Gasteiger partial charge in [0.25, 0.3) is 0 Å². The molecule has 0 spiro atoms. The molecule has 0 aromatic heterocycles. The molecule has 0 bridgehead atoms. The molecular formula is C5H8BN2.